The minimum absolute atomic E-state index is 0.0658. The van der Waals surface area contributed by atoms with Crippen molar-refractivity contribution in [3.05, 3.63) is 92.7 Å². The average molecular weight is 502 g/mol. The summed E-state index contributed by atoms with van der Waals surface area (Å²) in [6, 6.07) is 18.4. The lowest BCUT2D eigenvalue weighted by molar-refractivity contribution is -0.137. The number of benzene rings is 2. The molecule has 0 aliphatic carbocycles. The van der Waals surface area contributed by atoms with E-state index in [1.807, 2.05) is 52.3 Å². The van der Waals surface area contributed by atoms with Gasteiger partial charge in [-0.15, -0.1) is 11.3 Å². The molecule has 1 fully saturated rings. The maximum atomic E-state index is 13.8. The second-order valence-corrected chi connectivity index (χ2v) is 11.0. The first-order chi connectivity index (χ1) is 17.5. The number of rotatable bonds is 4. The van der Waals surface area contributed by atoms with E-state index in [2.05, 4.69) is 54.5 Å². The monoisotopic (exact) mass is 501 g/mol. The Morgan fingerprint density at radius 3 is 2.31 bits per heavy atom. The van der Waals surface area contributed by atoms with Crippen molar-refractivity contribution in [3.63, 3.8) is 0 Å². The fourth-order valence-electron chi connectivity index (χ4n) is 5.72. The third kappa shape index (κ3) is 4.72. The molecule has 0 bridgehead atoms. The van der Waals surface area contributed by atoms with Gasteiger partial charge < -0.3 is 9.80 Å². The molecule has 0 N–H and O–H groups in total. The molecule has 0 radical (unpaired) electrons. The standard InChI is InChI=1S/C30H35N3O2S/c1-21-9-4-6-11-24(21)28-26-14-20-36-27(26)13-17-33(28)23(3)29(34)31-15-8-16-32(19-18-31)30(35)25-12-7-5-10-22(25)2/h4-7,9-12,14,20,23,28H,8,13,15-19H2,1-3H3. The molecule has 0 saturated carbocycles. The third-order valence-corrected chi connectivity index (χ3v) is 8.81. The van der Waals surface area contributed by atoms with Gasteiger partial charge in [-0.25, -0.2) is 0 Å². The van der Waals surface area contributed by atoms with Crippen molar-refractivity contribution in [2.24, 2.45) is 0 Å². The summed E-state index contributed by atoms with van der Waals surface area (Å²) in [5, 5.41) is 2.18. The fraction of sp³-hybridized carbons (Fsp3) is 0.400. The molecule has 1 aromatic heterocycles. The molecule has 2 amide bonds. The van der Waals surface area contributed by atoms with Gasteiger partial charge in [0.15, 0.2) is 0 Å². The van der Waals surface area contributed by atoms with E-state index in [1.54, 1.807) is 0 Å². The van der Waals surface area contributed by atoms with E-state index in [-0.39, 0.29) is 23.9 Å². The molecule has 2 atom stereocenters. The SMILES string of the molecule is Cc1ccccc1C(=O)N1CCCN(C(=O)C(C)N2CCc3sccc3C2c2ccccc2C)CC1. The third-order valence-electron chi connectivity index (χ3n) is 7.81. The number of hydrogen-bond acceptors (Lipinski definition) is 4. The van der Waals surface area contributed by atoms with Crippen molar-refractivity contribution in [1.82, 2.24) is 14.7 Å². The lowest BCUT2D eigenvalue weighted by Gasteiger charge is -2.41. The van der Waals surface area contributed by atoms with E-state index in [0.29, 0.717) is 26.2 Å². The van der Waals surface area contributed by atoms with Crippen LogP contribution in [0.1, 0.15) is 56.9 Å². The van der Waals surface area contributed by atoms with Gasteiger partial charge in [0, 0.05) is 43.2 Å². The van der Waals surface area contributed by atoms with Crippen LogP contribution in [-0.2, 0) is 11.2 Å². The molecule has 2 aliphatic rings. The predicted molar refractivity (Wildman–Crippen MR) is 145 cm³/mol. The van der Waals surface area contributed by atoms with Gasteiger partial charge in [0.1, 0.15) is 0 Å². The molecule has 36 heavy (non-hydrogen) atoms. The van der Waals surface area contributed by atoms with Crippen molar-refractivity contribution in [2.45, 2.75) is 45.7 Å². The zero-order valence-electron chi connectivity index (χ0n) is 21.4. The van der Waals surface area contributed by atoms with Crippen LogP contribution < -0.4 is 0 Å². The van der Waals surface area contributed by atoms with E-state index >= 15 is 0 Å². The molecule has 5 nitrogen and oxygen atoms in total. The summed E-state index contributed by atoms with van der Waals surface area (Å²) in [5.41, 5.74) is 5.62. The fourth-order valence-corrected chi connectivity index (χ4v) is 6.63. The van der Waals surface area contributed by atoms with E-state index in [9.17, 15) is 9.59 Å². The van der Waals surface area contributed by atoms with Gasteiger partial charge in [0.25, 0.3) is 5.91 Å². The van der Waals surface area contributed by atoms with Crippen LogP contribution >= 0.6 is 11.3 Å². The summed E-state index contributed by atoms with van der Waals surface area (Å²) in [6.45, 7) is 9.58. The lowest BCUT2D eigenvalue weighted by Crippen LogP contribution is -2.51. The summed E-state index contributed by atoms with van der Waals surface area (Å²) < 4.78 is 0. The second kappa shape index (κ2) is 10.6. The number of hydrogen-bond donors (Lipinski definition) is 0. The van der Waals surface area contributed by atoms with Gasteiger partial charge in [-0.05, 0) is 73.4 Å². The second-order valence-electron chi connectivity index (χ2n) is 10.0. The number of amides is 2. The normalized spacial score (nSPS) is 19.5. The van der Waals surface area contributed by atoms with E-state index in [0.717, 1.165) is 30.5 Å². The lowest BCUT2D eigenvalue weighted by atomic mass is 9.89. The van der Waals surface area contributed by atoms with Gasteiger partial charge in [0.2, 0.25) is 5.91 Å². The topological polar surface area (TPSA) is 43.9 Å². The minimum atomic E-state index is -0.235. The first kappa shape index (κ1) is 24.7. The molecule has 2 aliphatic heterocycles. The molecule has 2 aromatic carbocycles. The van der Waals surface area contributed by atoms with Crippen LogP contribution in [0.15, 0.2) is 60.0 Å². The predicted octanol–water partition coefficient (Wildman–Crippen LogP) is 5.08. The summed E-state index contributed by atoms with van der Waals surface area (Å²) in [4.78, 5) is 34.7. The Hall–Kier alpha value is -2.96. The van der Waals surface area contributed by atoms with Crippen LogP contribution in [0.4, 0.5) is 0 Å². The summed E-state index contributed by atoms with van der Waals surface area (Å²) in [5.74, 6) is 0.230. The summed E-state index contributed by atoms with van der Waals surface area (Å²) in [7, 11) is 0. The molecule has 3 aromatic rings. The number of aryl methyl sites for hydroxylation is 2. The summed E-state index contributed by atoms with van der Waals surface area (Å²) >= 11 is 1.83. The van der Waals surface area contributed by atoms with Crippen LogP contribution in [0.2, 0.25) is 0 Å². The molecule has 6 heteroatoms. The minimum Gasteiger partial charge on any atom is -0.340 e. The van der Waals surface area contributed by atoms with Crippen molar-refractivity contribution >= 4 is 23.2 Å². The molecule has 188 valence electrons. The highest BCUT2D eigenvalue weighted by Gasteiger charge is 2.37. The van der Waals surface area contributed by atoms with Crippen molar-refractivity contribution in [2.75, 3.05) is 32.7 Å². The molecular weight excluding hydrogens is 466 g/mol. The Labute approximate surface area is 218 Å². The van der Waals surface area contributed by atoms with Gasteiger partial charge in [-0.1, -0.05) is 42.5 Å². The number of carbonyl (C=O) groups is 2. The highest BCUT2D eigenvalue weighted by molar-refractivity contribution is 7.10. The molecule has 3 heterocycles. The Morgan fingerprint density at radius 1 is 0.833 bits per heavy atom. The maximum Gasteiger partial charge on any atom is 0.254 e. The van der Waals surface area contributed by atoms with Crippen LogP contribution in [0, 0.1) is 13.8 Å². The van der Waals surface area contributed by atoms with E-state index in [1.165, 1.54) is 21.6 Å². The van der Waals surface area contributed by atoms with Crippen LogP contribution in [0.5, 0.6) is 0 Å². The van der Waals surface area contributed by atoms with Crippen LogP contribution in [-0.4, -0.2) is 65.3 Å². The number of fused-ring (bicyclic) bond motifs is 1. The zero-order chi connectivity index (χ0) is 25.2. The molecular formula is C30H35N3O2S. The van der Waals surface area contributed by atoms with Gasteiger partial charge in [-0.3, -0.25) is 14.5 Å². The average Bonchev–Trinajstić information content (AvgIpc) is 3.24. The largest absolute Gasteiger partial charge is 0.340 e. The van der Waals surface area contributed by atoms with Crippen molar-refractivity contribution in [1.29, 1.82) is 0 Å². The highest BCUT2D eigenvalue weighted by Crippen LogP contribution is 2.40. The van der Waals surface area contributed by atoms with Crippen molar-refractivity contribution in [3.8, 4) is 0 Å². The van der Waals surface area contributed by atoms with E-state index < -0.39 is 0 Å². The molecule has 5 rings (SSSR count). The Morgan fingerprint density at radius 2 is 1.53 bits per heavy atom. The quantitative estimate of drug-likeness (QED) is 0.501. The van der Waals surface area contributed by atoms with Gasteiger partial charge in [-0.2, -0.15) is 0 Å². The molecule has 0 spiro atoms. The Bertz CT molecular complexity index is 1250. The summed E-state index contributed by atoms with van der Waals surface area (Å²) in [6.07, 6.45) is 1.78. The smallest absolute Gasteiger partial charge is 0.254 e. The van der Waals surface area contributed by atoms with Crippen molar-refractivity contribution < 1.29 is 9.59 Å². The number of thiophene rings is 1. The van der Waals surface area contributed by atoms with Crippen LogP contribution in [0.25, 0.3) is 0 Å². The maximum absolute atomic E-state index is 13.8. The highest BCUT2D eigenvalue weighted by atomic mass is 32.1. The van der Waals surface area contributed by atoms with E-state index in [4.69, 9.17) is 0 Å². The first-order valence-electron chi connectivity index (χ1n) is 13.0. The number of nitrogens with zero attached hydrogens (tertiary/aromatic N) is 3. The zero-order valence-corrected chi connectivity index (χ0v) is 22.3. The molecule has 2 unspecified atom stereocenters. The number of carbonyl (C=O) groups excluding carboxylic acids is 2. The van der Waals surface area contributed by atoms with Gasteiger partial charge >= 0.3 is 0 Å². The molecule has 1 saturated heterocycles. The first-order valence-corrected chi connectivity index (χ1v) is 13.8. The Balaban J connectivity index is 1.33. The van der Waals surface area contributed by atoms with Crippen LogP contribution in [0.3, 0.4) is 0 Å². The van der Waals surface area contributed by atoms with Gasteiger partial charge in [0.05, 0.1) is 12.1 Å². The Kier molecular flexibility index (Phi) is 7.26.